The Morgan fingerprint density at radius 3 is 2.27 bits per heavy atom. The number of unbranched alkanes of at least 4 members (excludes halogenated alkanes) is 5. The van der Waals surface area contributed by atoms with E-state index in [2.05, 4.69) is 6.92 Å². The van der Waals surface area contributed by atoms with Crippen molar-refractivity contribution < 1.29 is 24.1 Å². The van der Waals surface area contributed by atoms with Crippen molar-refractivity contribution in [2.75, 3.05) is 19.8 Å². The van der Waals surface area contributed by atoms with Crippen molar-refractivity contribution >= 4 is 5.97 Å². The van der Waals surface area contributed by atoms with Gasteiger partial charge in [0, 0.05) is 19.6 Å². The summed E-state index contributed by atoms with van der Waals surface area (Å²) in [7, 11) is 0. The lowest BCUT2D eigenvalue weighted by Crippen LogP contribution is -2.21. The molecule has 0 aromatic heterocycles. The first-order chi connectivity index (χ1) is 12.7. The highest BCUT2D eigenvalue weighted by atomic mass is 16.7. The lowest BCUT2D eigenvalue weighted by molar-refractivity contribution is -0.114. The van der Waals surface area contributed by atoms with Gasteiger partial charge in [0.25, 0.3) is 0 Å². The summed E-state index contributed by atoms with van der Waals surface area (Å²) in [6.45, 7) is 6.10. The average molecular weight is 366 g/mol. The Kier molecular flexibility index (Phi) is 12.6. The van der Waals surface area contributed by atoms with Gasteiger partial charge in [-0.25, -0.2) is 4.79 Å². The Morgan fingerprint density at radius 2 is 1.58 bits per heavy atom. The Balaban J connectivity index is 2.05. The van der Waals surface area contributed by atoms with Crippen LogP contribution in [0.4, 0.5) is 0 Å². The fourth-order valence-corrected chi connectivity index (χ4v) is 2.48. The highest BCUT2D eigenvalue weighted by Gasteiger charge is 2.14. The second kappa shape index (κ2) is 14.6. The van der Waals surface area contributed by atoms with Gasteiger partial charge in [0.15, 0.2) is 0 Å². The standard InChI is InChI=1S/C21H34O5/c1-3-5-6-7-8-9-15-24-16-10-17-25-20(4-2)26-21(23)18-11-13-19(22)14-12-18/h11-14,20,22H,3-10,15-17H2,1-2H3. The second-order valence-electron chi connectivity index (χ2n) is 6.39. The summed E-state index contributed by atoms with van der Waals surface area (Å²) in [6, 6.07) is 5.97. The number of aromatic hydroxyl groups is 1. The maximum atomic E-state index is 12.0. The van der Waals surface area contributed by atoms with Crippen LogP contribution in [-0.4, -0.2) is 37.2 Å². The molecular formula is C21H34O5. The summed E-state index contributed by atoms with van der Waals surface area (Å²) >= 11 is 0. The fourth-order valence-electron chi connectivity index (χ4n) is 2.48. The molecule has 148 valence electrons. The first kappa shape index (κ1) is 22.5. The van der Waals surface area contributed by atoms with Crippen LogP contribution < -0.4 is 0 Å². The quantitative estimate of drug-likeness (QED) is 0.267. The van der Waals surface area contributed by atoms with E-state index in [4.69, 9.17) is 14.2 Å². The number of carbonyl (C=O) groups excluding carboxylic acids is 1. The van der Waals surface area contributed by atoms with E-state index in [1.54, 1.807) is 0 Å². The van der Waals surface area contributed by atoms with E-state index >= 15 is 0 Å². The molecule has 1 N–H and O–H groups in total. The molecule has 0 aliphatic rings. The predicted molar refractivity (Wildman–Crippen MR) is 102 cm³/mol. The maximum Gasteiger partial charge on any atom is 0.340 e. The molecule has 0 bridgehead atoms. The number of phenols is 1. The Labute approximate surface area is 157 Å². The molecule has 1 aromatic carbocycles. The molecule has 26 heavy (non-hydrogen) atoms. The zero-order valence-corrected chi connectivity index (χ0v) is 16.2. The van der Waals surface area contributed by atoms with Gasteiger partial charge < -0.3 is 19.3 Å². The van der Waals surface area contributed by atoms with Gasteiger partial charge in [-0.05, 0) is 37.1 Å². The SMILES string of the molecule is CCCCCCCCOCCCOC(CC)OC(=O)c1ccc(O)cc1. The number of phenolic OH excluding ortho intramolecular Hbond substituents is 1. The van der Waals surface area contributed by atoms with Crippen molar-refractivity contribution in [3.05, 3.63) is 29.8 Å². The minimum atomic E-state index is -0.560. The van der Waals surface area contributed by atoms with Gasteiger partial charge in [0.2, 0.25) is 6.29 Å². The van der Waals surface area contributed by atoms with E-state index < -0.39 is 12.3 Å². The maximum absolute atomic E-state index is 12.0. The molecule has 0 saturated heterocycles. The van der Waals surface area contributed by atoms with Gasteiger partial charge in [-0.3, -0.25) is 0 Å². The van der Waals surface area contributed by atoms with Crippen LogP contribution in [0.5, 0.6) is 5.75 Å². The Bertz CT molecular complexity index is 472. The van der Waals surface area contributed by atoms with Crippen molar-refractivity contribution in [1.29, 1.82) is 0 Å². The predicted octanol–water partition coefficient (Wildman–Crippen LogP) is 5.07. The molecule has 0 spiro atoms. The second-order valence-corrected chi connectivity index (χ2v) is 6.39. The van der Waals surface area contributed by atoms with Crippen molar-refractivity contribution in [3.8, 4) is 5.75 Å². The Hall–Kier alpha value is -1.59. The number of rotatable bonds is 15. The first-order valence-electron chi connectivity index (χ1n) is 9.86. The molecule has 0 saturated carbocycles. The molecule has 5 nitrogen and oxygen atoms in total. The van der Waals surface area contributed by atoms with Crippen LogP contribution in [0.15, 0.2) is 24.3 Å². The number of benzene rings is 1. The van der Waals surface area contributed by atoms with Crippen LogP contribution in [0.25, 0.3) is 0 Å². The molecule has 0 aliphatic carbocycles. The van der Waals surface area contributed by atoms with E-state index in [1.807, 2.05) is 6.92 Å². The van der Waals surface area contributed by atoms with Gasteiger partial charge in [-0.2, -0.15) is 0 Å². The summed E-state index contributed by atoms with van der Waals surface area (Å²) in [5.41, 5.74) is 0.395. The number of ether oxygens (including phenoxy) is 3. The van der Waals surface area contributed by atoms with Crippen molar-refractivity contribution in [2.24, 2.45) is 0 Å². The van der Waals surface area contributed by atoms with Crippen LogP contribution >= 0.6 is 0 Å². The molecule has 1 atom stereocenters. The lowest BCUT2D eigenvalue weighted by Gasteiger charge is -2.17. The molecule has 0 radical (unpaired) electrons. The number of carbonyl (C=O) groups is 1. The summed E-state index contributed by atoms with van der Waals surface area (Å²) in [6.07, 6.45) is 8.39. The van der Waals surface area contributed by atoms with E-state index in [0.717, 1.165) is 19.4 Å². The third-order valence-corrected chi connectivity index (χ3v) is 4.05. The van der Waals surface area contributed by atoms with Gasteiger partial charge >= 0.3 is 5.97 Å². The van der Waals surface area contributed by atoms with Gasteiger partial charge in [-0.1, -0.05) is 46.0 Å². The summed E-state index contributed by atoms with van der Waals surface area (Å²) in [5.74, 6) is -0.332. The van der Waals surface area contributed by atoms with Crippen LogP contribution in [0.2, 0.25) is 0 Å². The van der Waals surface area contributed by atoms with Crippen molar-refractivity contribution in [2.45, 2.75) is 71.5 Å². The molecule has 0 heterocycles. The van der Waals surface area contributed by atoms with Gasteiger partial charge in [-0.15, -0.1) is 0 Å². The highest BCUT2D eigenvalue weighted by molar-refractivity contribution is 5.89. The van der Waals surface area contributed by atoms with E-state index in [-0.39, 0.29) is 5.75 Å². The third-order valence-electron chi connectivity index (χ3n) is 4.05. The minimum Gasteiger partial charge on any atom is -0.508 e. The molecule has 0 amide bonds. The first-order valence-corrected chi connectivity index (χ1v) is 9.86. The largest absolute Gasteiger partial charge is 0.508 e. The van der Waals surface area contributed by atoms with E-state index in [1.165, 1.54) is 56.4 Å². The van der Waals surface area contributed by atoms with Gasteiger partial charge in [0.1, 0.15) is 5.75 Å². The third kappa shape index (κ3) is 10.4. The van der Waals surface area contributed by atoms with Crippen LogP contribution in [0.1, 0.15) is 75.6 Å². The molecule has 1 aromatic rings. The van der Waals surface area contributed by atoms with Crippen LogP contribution in [0.3, 0.4) is 0 Å². The van der Waals surface area contributed by atoms with Crippen molar-refractivity contribution in [3.63, 3.8) is 0 Å². The van der Waals surface area contributed by atoms with Crippen molar-refractivity contribution in [1.82, 2.24) is 0 Å². The molecule has 1 rings (SSSR count). The smallest absolute Gasteiger partial charge is 0.340 e. The molecule has 5 heteroatoms. The average Bonchev–Trinajstić information content (AvgIpc) is 2.65. The van der Waals surface area contributed by atoms with Crippen LogP contribution in [0, 0.1) is 0 Å². The lowest BCUT2D eigenvalue weighted by atomic mass is 10.1. The van der Waals surface area contributed by atoms with Gasteiger partial charge in [0.05, 0.1) is 12.2 Å². The normalized spacial score (nSPS) is 12.1. The van der Waals surface area contributed by atoms with E-state index in [0.29, 0.717) is 25.2 Å². The van der Waals surface area contributed by atoms with E-state index in [9.17, 15) is 9.90 Å². The minimum absolute atomic E-state index is 0.116. The summed E-state index contributed by atoms with van der Waals surface area (Å²) in [4.78, 5) is 12.0. The molecular weight excluding hydrogens is 332 g/mol. The molecule has 0 fully saturated rings. The highest BCUT2D eigenvalue weighted by Crippen LogP contribution is 2.13. The molecule has 0 aliphatic heterocycles. The zero-order valence-electron chi connectivity index (χ0n) is 16.2. The molecule has 1 unspecified atom stereocenters. The zero-order chi connectivity index (χ0) is 19.0. The Morgan fingerprint density at radius 1 is 0.923 bits per heavy atom. The topological polar surface area (TPSA) is 65.0 Å². The fraction of sp³-hybridized carbons (Fsp3) is 0.667. The summed E-state index contributed by atoms with van der Waals surface area (Å²) < 4.78 is 16.5. The number of esters is 1. The monoisotopic (exact) mass is 366 g/mol. The summed E-state index contributed by atoms with van der Waals surface area (Å²) in [5, 5.41) is 9.25. The number of hydrogen-bond donors (Lipinski definition) is 1. The van der Waals surface area contributed by atoms with Crippen LogP contribution in [-0.2, 0) is 14.2 Å². The number of hydrogen-bond acceptors (Lipinski definition) is 5.